The second-order valence-corrected chi connectivity index (χ2v) is 7.45. The van der Waals surface area contributed by atoms with Gasteiger partial charge in [-0.1, -0.05) is 23.2 Å². The molecule has 1 aliphatic rings. The molecule has 10 heteroatoms. The van der Waals surface area contributed by atoms with E-state index < -0.39 is 6.04 Å². The molecular weight excluding hydrogens is 403 g/mol. The highest BCUT2D eigenvalue weighted by molar-refractivity contribution is 6.42. The summed E-state index contributed by atoms with van der Waals surface area (Å²) in [5.41, 5.74) is 1.56. The van der Waals surface area contributed by atoms with Crippen molar-refractivity contribution < 1.29 is 9.59 Å². The fourth-order valence-electron chi connectivity index (χ4n) is 2.93. The molecule has 3 amide bonds. The van der Waals surface area contributed by atoms with Crippen LogP contribution in [0.15, 0.2) is 30.6 Å². The van der Waals surface area contributed by atoms with Gasteiger partial charge in [0.2, 0.25) is 5.91 Å². The van der Waals surface area contributed by atoms with E-state index in [0.29, 0.717) is 41.9 Å². The Balaban J connectivity index is 1.49. The summed E-state index contributed by atoms with van der Waals surface area (Å²) in [5, 5.41) is 10.5. The number of piperazine rings is 1. The number of amides is 3. The molecule has 150 valence electrons. The summed E-state index contributed by atoms with van der Waals surface area (Å²) in [6, 6.07) is 4.57. The number of hydrogen-bond acceptors (Lipinski definition) is 4. The molecule has 0 radical (unpaired) electrons. The third-order valence-electron chi connectivity index (χ3n) is 4.54. The lowest BCUT2D eigenvalue weighted by Crippen LogP contribution is -2.54. The minimum absolute atomic E-state index is 0.261. The first-order valence-corrected chi connectivity index (χ1v) is 9.64. The number of carbonyl (C=O) groups excluding carboxylic acids is 2. The maximum atomic E-state index is 12.5. The van der Waals surface area contributed by atoms with Gasteiger partial charge in [-0.3, -0.25) is 9.48 Å². The van der Waals surface area contributed by atoms with Crippen LogP contribution in [0, 0.1) is 0 Å². The molecule has 1 saturated heterocycles. The molecule has 2 aromatic rings. The summed E-state index contributed by atoms with van der Waals surface area (Å²) in [5.74, 6) is -0.296. The lowest BCUT2D eigenvalue weighted by atomic mass is 10.2. The summed E-state index contributed by atoms with van der Waals surface area (Å²) >= 11 is 12.0. The average Bonchev–Trinajstić information content (AvgIpc) is 3.08. The number of aryl methyl sites for hydroxylation is 1. The standard InChI is InChI=1S/C18H22Cl2N6O2/c1-12(17(27)23-13-10-21-24(2)11-13)22-18(28)26-7-5-25(6-8-26)14-3-4-15(19)16(20)9-14/h3-4,9-12H,5-8H2,1-2H3,(H,22,28)(H,23,27)/t12-/m1/s1. The zero-order valence-corrected chi connectivity index (χ0v) is 17.2. The largest absolute Gasteiger partial charge is 0.368 e. The van der Waals surface area contributed by atoms with Crippen LogP contribution in [0.25, 0.3) is 0 Å². The fourth-order valence-corrected chi connectivity index (χ4v) is 3.22. The molecule has 3 rings (SSSR count). The number of carbonyl (C=O) groups is 2. The summed E-state index contributed by atoms with van der Waals surface area (Å²) in [4.78, 5) is 28.5. The van der Waals surface area contributed by atoms with Gasteiger partial charge in [-0.15, -0.1) is 0 Å². The van der Waals surface area contributed by atoms with Gasteiger partial charge in [0.15, 0.2) is 0 Å². The summed E-state index contributed by atoms with van der Waals surface area (Å²) in [6.07, 6.45) is 3.24. The van der Waals surface area contributed by atoms with Crippen LogP contribution >= 0.6 is 23.2 Å². The van der Waals surface area contributed by atoms with Gasteiger partial charge in [-0.2, -0.15) is 5.10 Å². The Morgan fingerprint density at radius 1 is 1.14 bits per heavy atom. The number of hydrogen-bond donors (Lipinski definition) is 2. The normalized spacial score (nSPS) is 15.3. The molecule has 0 spiro atoms. The van der Waals surface area contributed by atoms with E-state index >= 15 is 0 Å². The molecule has 2 heterocycles. The molecule has 1 fully saturated rings. The zero-order chi connectivity index (χ0) is 20.3. The third kappa shape index (κ3) is 4.88. The first-order valence-electron chi connectivity index (χ1n) is 8.88. The van der Waals surface area contributed by atoms with Crippen molar-refractivity contribution in [2.75, 3.05) is 36.4 Å². The van der Waals surface area contributed by atoms with E-state index in [1.54, 1.807) is 42.0 Å². The predicted molar refractivity (Wildman–Crippen MR) is 110 cm³/mol. The molecular formula is C18H22Cl2N6O2. The Kier molecular flexibility index (Phi) is 6.31. The number of anilines is 2. The van der Waals surface area contributed by atoms with Crippen LogP contribution in [0.2, 0.25) is 10.0 Å². The smallest absolute Gasteiger partial charge is 0.318 e. The van der Waals surface area contributed by atoms with E-state index in [1.165, 1.54) is 0 Å². The van der Waals surface area contributed by atoms with Gasteiger partial charge in [-0.05, 0) is 25.1 Å². The molecule has 0 aliphatic carbocycles. The van der Waals surface area contributed by atoms with E-state index in [2.05, 4.69) is 20.6 Å². The van der Waals surface area contributed by atoms with Gasteiger partial charge in [-0.25, -0.2) is 4.79 Å². The van der Waals surface area contributed by atoms with E-state index in [-0.39, 0.29) is 11.9 Å². The van der Waals surface area contributed by atoms with Crippen molar-refractivity contribution in [3.8, 4) is 0 Å². The Bertz CT molecular complexity index is 864. The van der Waals surface area contributed by atoms with Crippen LogP contribution in [0.5, 0.6) is 0 Å². The predicted octanol–water partition coefficient (Wildman–Crippen LogP) is 2.59. The van der Waals surface area contributed by atoms with Crippen LogP contribution in [-0.4, -0.2) is 58.8 Å². The molecule has 0 unspecified atom stereocenters. The van der Waals surface area contributed by atoms with Crippen molar-refractivity contribution in [2.24, 2.45) is 7.05 Å². The number of urea groups is 1. The molecule has 2 N–H and O–H groups in total. The first-order chi connectivity index (χ1) is 13.3. The van der Waals surface area contributed by atoms with E-state index in [0.717, 1.165) is 5.69 Å². The Morgan fingerprint density at radius 2 is 1.86 bits per heavy atom. The number of nitrogens with zero attached hydrogens (tertiary/aromatic N) is 4. The Hall–Kier alpha value is -2.45. The second kappa shape index (κ2) is 8.70. The van der Waals surface area contributed by atoms with Gasteiger partial charge in [0, 0.05) is 45.1 Å². The van der Waals surface area contributed by atoms with Crippen molar-refractivity contribution in [1.82, 2.24) is 20.0 Å². The highest BCUT2D eigenvalue weighted by Crippen LogP contribution is 2.27. The van der Waals surface area contributed by atoms with Crippen LogP contribution in [0.4, 0.5) is 16.2 Å². The third-order valence-corrected chi connectivity index (χ3v) is 5.28. The van der Waals surface area contributed by atoms with Gasteiger partial charge < -0.3 is 20.4 Å². The van der Waals surface area contributed by atoms with Crippen LogP contribution in [-0.2, 0) is 11.8 Å². The molecule has 0 saturated carbocycles. The first kappa shape index (κ1) is 20.3. The molecule has 8 nitrogen and oxygen atoms in total. The number of rotatable bonds is 4. The molecule has 28 heavy (non-hydrogen) atoms. The van der Waals surface area contributed by atoms with Crippen molar-refractivity contribution in [1.29, 1.82) is 0 Å². The molecule has 1 aliphatic heterocycles. The van der Waals surface area contributed by atoms with Crippen molar-refractivity contribution in [3.63, 3.8) is 0 Å². The molecule has 1 atom stereocenters. The van der Waals surface area contributed by atoms with Gasteiger partial charge in [0.05, 0.1) is 21.9 Å². The highest BCUT2D eigenvalue weighted by Gasteiger charge is 2.24. The number of halogens is 2. The number of aromatic nitrogens is 2. The van der Waals surface area contributed by atoms with E-state index in [4.69, 9.17) is 23.2 Å². The quantitative estimate of drug-likeness (QED) is 0.789. The molecule has 1 aromatic heterocycles. The van der Waals surface area contributed by atoms with Crippen molar-refractivity contribution in [2.45, 2.75) is 13.0 Å². The Labute approximate surface area is 173 Å². The Morgan fingerprint density at radius 3 is 2.46 bits per heavy atom. The summed E-state index contributed by atoms with van der Waals surface area (Å²) in [7, 11) is 1.76. The summed E-state index contributed by atoms with van der Waals surface area (Å²) < 4.78 is 1.59. The zero-order valence-electron chi connectivity index (χ0n) is 15.7. The van der Waals surface area contributed by atoms with Crippen LogP contribution < -0.4 is 15.5 Å². The van der Waals surface area contributed by atoms with Crippen molar-refractivity contribution >= 4 is 46.5 Å². The van der Waals surface area contributed by atoms with E-state index in [1.807, 2.05) is 12.1 Å². The maximum Gasteiger partial charge on any atom is 0.318 e. The monoisotopic (exact) mass is 424 g/mol. The topological polar surface area (TPSA) is 82.5 Å². The number of benzene rings is 1. The molecule has 0 bridgehead atoms. The van der Waals surface area contributed by atoms with Gasteiger partial charge >= 0.3 is 6.03 Å². The highest BCUT2D eigenvalue weighted by atomic mass is 35.5. The summed E-state index contributed by atoms with van der Waals surface area (Å²) in [6.45, 7) is 4.07. The molecule has 1 aromatic carbocycles. The lowest BCUT2D eigenvalue weighted by Gasteiger charge is -2.36. The average molecular weight is 425 g/mol. The minimum Gasteiger partial charge on any atom is -0.368 e. The van der Waals surface area contributed by atoms with E-state index in [9.17, 15) is 9.59 Å². The van der Waals surface area contributed by atoms with Gasteiger partial charge in [0.1, 0.15) is 6.04 Å². The number of nitrogens with one attached hydrogen (secondary N) is 2. The van der Waals surface area contributed by atoms with Crippen molar-refractivity contribution in [3.05, 3.63) is 40.6 Å². The van der Waals surface area contributed by atoms with Crippen LogP contribution in [0.1, 0.15) is 6.92 Å². The minimum atomic E-state index is -0.666. The SMILES string of the molecule is C[C@@H](NC(=O)N1CCN(c2ccc(Cl)c(Cl)c2)CC1)C(=O)Nc1cnn(C)c1. The lowest BCUT2D eigenvalue weighted by molar-refractivity contribution is -0.117. The maximum absolute atomic E-state index is 12.5. The second-order valence-electron chi connectivity index (χ2n) is 6.64. The fraction of sp³-hybridized carbons (Fsp3) is 0.389. The van der Waals surface area contributed by atoms with Crippen LogP contribution in [0.3, 0.4) is 0 Å². The van der Waals surface area contributed by atoms with Gasteiger partial charge in [0.25, 0.3) is 0 Å².